The topological polar surface area (TPSA) is 83.3 Å². The van der Waals surface area contributed by atoms with Crippen molar-refractivity contribution in [1.82, 2.24) is 4.90 Å². The molecule has 6 heteroatoms. The second-order valence-electron chi connectivity index (χ2n) is 4.45. The molecule has 0 saturated carbocycles. The standard InChI is InChI=1S/C15H14BrN3O2/c16-11-4-5-14(18)13(9-11)15(20)19(7-2-6-17)10-12-3-1-8-21-12/h1,3-5,8-9H,2,7,10,18H2. The molecule has 1 heterocycles. The first kappa shape index (κ1) is 15.1. The molecule has 0 bridgehead atoms. The van der Waals surface area contributed by atoms with Crippen LogP contribution in [0.4, 0.5) is 5.69 Å². The van der Waals surface area contributed by atoms with E-state index in [2.05, 4.69) is 15.9 Å². The number of nitrogens with zero attached hydrogens (tertiary/aromatic N) is 2. The summed E-state index contributed by atoms with van der Waals surface area (Å²) >= 11 is 3.33. The Morgan fingerprint density at radius 2 is 2.24 bits per heavy atom. The molecule has 0 fully saturated rings. The normalized spacial score (nSPS) is 10.1. The van der Waals surface area contributed by atoms with Crippen LogP contribution in [0.2, 0.25) is 0 Å². The van der Waals surface area contributed by atoms with Crippen LogP contribution >= 0.6 is 15.9 Å². The molecule has 0 aliphatic heterocycles. The molecular formula is C15H14BrN3O2. The second-order valence-corrected chi connectivity index (χ2v) is 5.36. The van der Waals surface area contributed by atoms with Crippen molar-refractivity contribution in [2.24, 2.45) is 0 Å². The Hall–Kier alpha value is -2.26. The van der Waals surface area contributed by atoms with Crippen molar-refractivity contribution >= 4 is 27.5 Å². The number of benzene rings is 1. The van der Waals surface area contributed by atoms with Crippen LogP contribution in [0.25, 0.3) is 0 Å². The number of nitrogen functional groups attached to an aromatic ring is 1. The van der Waals surface area contributed by atoms with Crippen LogP contribution in [0.3, 0.4) is 0 Å². The molecule has 1 amide bonds. The maximum atomic E-state index is 12.6. The molecule has 2 N–H and O–H groups in total. The number of hydrogen-bond donors (Lipinski definition) is 1. The molecule has 108 valence electrons. The summed E-state index contributed by atoms with van der Waals surface area (Å²) < 4.78 is 6.04. The van der Waals surface area contributed by atoms with Crippen LogP contribution in [-0.4, -0.2) is 17.4 Å². The van der Waals surface area contributed by atoms with E-state index in [-0.39, 0.29) is 12.3 Å². The average Bonchev–Trinajstić information content (AvgIpc) is 2.98. The van der Waals surface area contributed by atoms with Crippen LogP contribution < -0.4 is 5.73 Å². The summed E-state index contributed by atoms with van der Waals surface area (Å²) in [4.78, 5) is 14.2. The number of rotatable bonds is 5. The third-order valence-corrected chi connectivity index (χ3v) is 3.45. The Morgan fingerprint density at radius 3 is 2.90 bits per heavy atom. The van der Waals surface area contributed by atoms with Crippen molar-refractivity contribution in [2.75, 3.05) is 12.3 Å². The molecule has 2 rings (SSSR count). The average molecular weight is 348 g/mol. The summed E-state index contributed by atoms with van der Waals surface area (Å²) in [5, 5.41) is 8.75. The fourth-order valence-electron chi connectivity index (χ4n) is 1.91. The predicted molar refractivity (Wildman–Crippen MR) is 82.2 cm³/mol. The monoisotopic (exact) mass is 347 g/mol. The van der Waals surface area contributed by atoms with E-state index in [1.165, 1.54) is 0 Å². The van der Waals surface area contributed by atoms with E-state index < -0.39 is 0 Å². The Labute approximate surface area is 131 Å². The lowest BCUT2D eigenvalue weighted by Crippen LogP contribution is -2.31. The van der Waals surface area contributed by atoms with Gasteiger partial charge in [0.25, 0.3) is 5.91 Å². The number of carbonyl (C=O) groups excluding carboxylic acids is 1. The number of hydrogen-bond acceptors (Lipinski definition) is 4. The molecule has 1 aromatic carbocycles. The van der Waals surface area contributed by atoms with Crippen molar-refractivity contribution in [3.05, 3.63) is 52.4 Å². The van der Waals surface area contributed by atoms with Gasteiger partial charge in [-0.05, 0) is 30.3 Å². The number of anilines is 1. The molecule has 0 aliphatic carbocycles. The Balaban J connectivity index is 2.24. The fourth-order valence-corrected chi connectivity index (χ4v) is 2.27. The fraction of sp³-hybridized carbons (Fsp3) is 0.200. The minimum atomic E-state index is -0.222. The number of amides is 1. The van der Waals surface area contributed by atoms with E-state index >= 15 is 0 Å². The SMILES string of the molecule is N#CCCN(Cc1ccco1)C(=O)c1cc(Br)ccc1N. The molecule has 0 unspecified atom stereocenters. The zero-order valence-corrected chi connectivity index (χ0v) is 12.8. The summed E-state index contributed by atoms with van der Waals surface area (Å²) in [6.45, 7) is 0.626. The van der Waals surface area contributed by atoms with Gasteiger partial charge in [-0.15, -0.1) is 0 Å². The smallest absolute Gasteiger partial charge is 0.256 e. The summed E-state index contributed by atoms with van der Waals surface area (Å²) in [6, 6.07) is 10.7. The number of halogens is 1. The van der Waals surface area contributed by atoms with Gasteiger partial charge in [0, 0.05) is 16.7 Å². The molecule has 0 aliphatic rings. The number of furan rings is 1. The molecule has 0 atom stereocenters. The lowest BCUT2D eigenvalue weighted by Gasteiger charge is -2.21. The Kier molecular flexibility index (Phi) is 5.01. The minimum absolute atomic E-state index is 0.222. The van der Waals surface area contributed by atoms with Crippen molar-refractivity contribution in [1.29, 1.82) is 5.26 Å². The van der Waals surface area contributed by atoms with E-state index in [1.54, 1.807) is 41.5 Å². The molecule has 0 spiro atoms. The summed E-state index contributed by atoms with van der Waals surface area (Å²) in [6.07, 6.45) is 1.80. The third-order valence-electron chi connectivity index (χ3n) is 2.95. The first-order valence-corrected chi connectivity index (χ1v) is 7.14. The van der Waals surface area contributed by atoms with Crippen molar-refractivity contribution in [3.63, 3.8) is 0 Å². The summed E-state index contributed by atoms with van der Waals surface area (Å²) in [5.41, 5.74) is 6.69. The molecule has 5 nitrogen and oxygen atoms in total. The van der Waals surface area contributed by atoms with Gasteiger partial charge in [-0.25, -0.2) is 0 Å². The number of nitrogens with two attached hydrogens (primary N) is 1. The maximum absolute atomic E-state index is 12.6. The molecule has 21 heavy (non-hydrogen) atoms. The lowest BCUT2D eigenvalue weighted by molar-refractivity contribution is 0.0736. The number of nitriles is 1. The zero-order valence-electron chi connectivity index (χ0n) is 11.3. The van der Waals surface area contributed by atoms with Gasteiger partial charge in [-0.2, -0.15) is 5.26 Å². The van der Waals surface area contributed by atoms with E-state index in [0.29, 0.717) is 30.1 Å². The van der Waals surface area contributed by atoms with E-state index in [4.69, 9.17) is 15.4 Å². The van der Waals surface area contributed by atoms with Gasteiger partial charge >= 0.3 is 0 Å². The third kappa shape index (κ3) is 3.86. The van der Waals surface area contributed by atoms with E-state index in [9.17, 15) is 4.79 Å². The Morgan fingerprint density at radius 1 is 1.43 bits per heavy atom. The van der Waals surface area contributed by atoms with Crippen molar-refractivity contribution in [3.8, 4) is 6.07 Å². The zero-order chi connectivity index (χ0) is 15.2. The quantitative estimate of drug-likeness (QED) is 0.841. The van der Waals surface area contributed by atoms with Gasteiger partial charge in [0.2, 0.25) is 0 Å². The lowest BCUT2D eigenvalue weighted by atomic mass is 10.1. The van der Waals surface area contributed by atoms with Crippen molar-refractivity contribution < 1.29 is 9.21 Å². The molecule has 2 aromatic rings. The van der Waals surface area contributed by atoms with Gasteiger partial charge in [0.05, 0.1) is 30.9 Å². The van der Waals surface area contributed by atoms with Crippen LogP contribution in [0, 0.1) is 11.3 Å². The highest BCUT2D eigenvalue weighted by molar-refractivity contribution is 9.10. The highest BCUT2D eigenvalue weighted by Gasteiger charge is 2.19. The van der Waals surface area contributed by atoms with Gasteiger partial charge in [0.15, 0.2) is 0 Å². The predicted octanol–water partition coefficient (Wildman–Crippen LogP) is 3.18. The second kappa shape index (κ2) is 6.95. The van der Waals surface area contributed by atoms with E-state index in [1.807, 2.05) is 6.07 Å². The van der Waals surface area contributed by atoms with Gasteiger partial charge in [0.1, 0.15) is 5.76 Å². The molecule has 1 aromatic heterocycles. The van der Waals surface area contributed by atoms with Gasteiger partial charge in [-0.3, -0.25) is 4.79 Å². The van der Waals surface area contributed by atoms with Crippen LogP contribution in [-0.2, 0) is 6.54 Å². The highest BCUT2D eigenvalue weighted by atomic mass is 79.9. The number of carbonyl (C=O) groups is 1. The maximum Gasteiger partial charge on any atom is 0.256 e. The first-order chi connectivity index (χ1) is 10.1. The highest BCUT2D eigenvalue weighted by Crippen LogP contribution is 2.21. The van der Waals surface area contributed by atoms with Crippen LogP contribution in [0.15, 0.2) is 45.5 Å². The van der Waals surface area contributed by atoms with Crippen molar-refractivity contribution in [2.45, 2.75) is 13.0 Å². The summed E-state index contributed by atoms with van der Waals surface area (Å²) in [5.74, 6) is 0.440. The molecular weight excluding hydrogens is 334 g/mol. The van der Waals surface area contributed by atoms with Gasteiger partial charge in [-0.1, -0.05) is 15.9 Å². The molecule has 0 saturated heterocycles. The largest absolute Gasteiger partial charge is 0.467 e. The Bertz CT molecular complexity index is 662. The van der Waals surface area contributed by atoms with Crippen LogP contribution in [0.5, 0.6) is 0 Å². The molecule has 0 radical (unpaired) electrons. The first-order valence-electron chi connectivity index (χ1n) is 6.35. The van der Waals surface area contributed by atoms with Crippen LogP contribution in [0.1, 0.15) is 22.5 Å². The minimum Gasteiger partial charge on any atom is -0.467 e. The van der Waals surface area contributed by atoms with Gasteiger partial charge < -0.3 is 15.1 Å². The summed E-state index contributed by atoms with van der Waals surface area (Å²) in [7, 11) is 0. The van der Waals surface area contributed by atoms with E-state index in [0.717, 1.165) is 4.47 Å².